The Morgan fingerprint density at radius 2 is 2.24 bits per heavy atom. The molecule has 0 aliphatic heterocycles. The molecule has 0 aliphatic rings. The van der Waals surface area contributed by atoms with Crippen molar-refractivity contribution in [1.29, 1.82) is 0 Å². The number of hydrogen-bond donors (Lipinski definition) is 2. The molecular formula is C9H17N3O3S2. The summed E-state index contributed by atoms with van der Waals surface area (Å²) in [5.74, 6) is 0.0913. The molecule has 1 heterocycles. The number of rotatable bonds is 7. The maximum Gasteiger partial charge on any atom is 0.184 e. The van der Waals surface area contributed by atoms with Gasteiger partial charge in [-0.3, -0.25) is 0 Å². The quantitative estimate of drug-likeness (QED) is 0.722. The largest absolute Gasteiger partial charge is 0.385 e. The number of anilines is 2. The molecule has 1 rings (SSSR count). The summed E-state index contributed by atoms with van der Waals surface area (Å²) < 4.78 is 32.4. The average Bonchev–Trinajstić information content (AvgIpc) is 2.67. The number of nitrogens with one attached hydrogen (secondary N) is 1. The molecule has 1 aromatic heterocycles. The number of hydrogen-bond acceptors (Lipinski definition) is 7. The van der Waals surface area contributed by atoms with E-state index in [1.165, 1.54) is 0 Å². The highest BCUT2D eigenvalue weighted by molar-refractivity contribution is 7.91. The lowest BCUT2D eigenvalue weighted by Gasteiger charge is -2.06. The van der Waals surface area contributed by atoms with Crippen molar-refractivity contribution in [1.82, 2.24) is 4.37 Å². The molecule has 0 amide bonds. The molecule has 0 spiro atoms. The van der Waals surface area contributed by atoms with E-state index in [0.717, 1.165) is 18.0 Å². The Labute approximate surface area is 105 Å². The molecule has 8 heteroatoms. The van der Waals surface area contributed by atoms with Crippen LogP contribution in [0, 0.1) is 0 Å². The molecule has 0 bridgehead atoms. The highest BCUT2D eigenvalue weighted by atomic mass is 32.2. The molecular weight excluding hydrogens is 262 g/mol. The monoisotopic (exact) mass is 279 g/mol. The van der Waals surface area contributed by atoms with E-state index in [2.05, 4.69) is 9.69 Å². The molecule has 0 fully saturated rings. The fourth-order valence-corrected chi connectivity index (χ4v) is 3.46. The summed E-state index contributed by atoms with van der Waals surface area (Å²) in [5, 5.41) is 3.54. The first-order valence-electron chi connectivity index (χ1n) is 5.23. The predicted molar refractivity (Wildman–Crippen MR) is 69.2 cm³/mol. The first-order chi connectivity index (χ1) is 8.03. The van der Waals surface area contributed by atoms with Gasteiger partial charge in [-0.2, -0.15) is 4.37 Å². The van der Waals surface area contributed by atoms with Gasteiger partial charge in [0.05, 0.1) is 5.75 Å². The molecule has 0 unspecified atom stereocenters. The summed E-state index contributed by atoms with van der Waals surface area (Å²) in [6, 6.07) is 0. The number of sulfone groups is 1. The SMILES string of the molecule is CCS(=O)(=O)c1c(N)nsc1NCCCOC. The van der Waals surface area contributed by atoms with E-state index in [0.29, 0.717) is 18.2 Å². The minimum absolute atomic E-state index is 0.0162. The third-order valence-corrected chi connectivity index (χ3v) is 4.92. The van der Waals surface area contributed by atoms with Crippen molar-refractivity contribution in [2.24, 2.45) is 0 Å². The smallest absolute Gasteiger partial charge is 0.184 e. The number of aromatic nitrogens is 1. The van der Waals surface area contributed by atoms with Gasteiger partial charge in [-0.25, -0.2) is 8.42 Å². The molecule has 0 saturated heterocycles. The third kappa shape index (κ3) is 3.55. The summed E-state index contributed by atoms with van der Waals surface area (Å²) in [4.78, 5) is 0.127. The minimum atomic E-state index is -3.33. The summed E-state index contributed by atoms with van der Waals surface area (Å²) in [7, 11) is -1.71. The van der Waals surface area contributed by atoms with Crippen LogP contribution >= 0.6 is 11.5 Å². The number of nitrogens with two attached hydrogens (primary N) is 1. The van der Waals surface area contributed by atoms with E-state index in [1.807, 2.05) is 0 Å². The maximum absolute atomic E-state index is 11.8. The number of methoxy groups -OCH3 is 1. The van der Waals surface area contributed by atoms with Gasteiger partial charge in [0.15, 0.2) is 15.7 Å². The number of nitrogen functional groups attached to an aromatic ring is 1. The highest BCUT2D eigenvalue weighted by Crippen LogP contribution is 2.32. The normalized spacial score (nSPS) is 11.6. The van der Waals surface area contributed by atoms with Crippen LogP contribution in [0.1, 0.15) is 13.3 Å². The first kappa shape index (κ1) is 14.2. The molecule has 0 radical (unpaired) electrons. The zero-order chi connectivity index (χ0) is 12.9. The zero-order valence-electron chi connectivity index (χ0n) is 9.89. The van der Waals surface area contributed by atoms with Crippen molar-refractivity contribution in [3.63, 3.8) is 0 Å². The molecule has 0 saturated carbocycles. The van der Waals surface area contributed by atoms with Crippen molar-refractivity contribution in [2.45, 2.75) is 18.2 Å². The van der Waals surface area contributed by atoms with Crippen LogP contribution in [0.3, 0.4) is 0 Å². The number of ether oxygens (including phenoxy) is 1. The summed E-state index contributed by atoms with van der Waals surface area (Å²) in [5.41, 5.74) is 5.59. The van der Waals surface area contributed by atoms with Crippen LogP contribution < -0.4 is 11.1 Å². The van der Waals surface area contributed by atoms with Crippen LogP contribution in [-0.2, 0) is 14.6 Å². The van der Waals surface area contributed by atoms with Gasteiger partial charge in [0.25, 0.3) is 0 Å². The van der Waals surface area contributed by atoms with Gasteiger partial charge < -0.3 is 15.8 Å². The molecule has 1 aromatic rings. The Kier molecular flexibility index (Phi) is 5.16. The fourth-order valence-electron chi connectivity index (χ4n) is 1.27. The topological polar surface area (TPSA) is 94.3 Å². The van der Waals surface area contributed by atoms with Crippen LogP contribution in [0.4, 0.5) is 10.8 Å². The molecule has 0 aromatic carbocycles. The second-order valence-electron chi connectivity index (χ2n) is 3.40. The van der Waals surface area contributed by atoms with Crippen LogP contribution in [0.5, 0.6) is 0 Å². The Morgan fingerprint density at radius 1 is 1.53 bits per heavy atom. The van der Waals surface area contributed by atoms with Crippen molar-refractivity contribution in [2.75, 3.05) is 37.1 Å². The second kappa shape index (κ2) is 6.18. The van der Waals surface area contributed by atoms with Crippen molar-refractivity contribution in [3.05, 3.63) is 0 Å². The van der Waals surface area contributed by atoms with E-state index >= 15 is 0 Å². The van der Waals surface area contributed by atoms with Crippen molar-refractivity contribution >= 4 is 32.2 Å². The van der Waals surface area contributed by atoms with Gasteiger partial charge in [0, 0.05) is 20.3 Å². The Hall–Kier alpha value is -0.860. The standard InChI is InChI=1S/C9H17N3O3S2/c1-3-17(13,14)7-8(10)12-16-9(7)11-5-4-6-15-2/h11H,3-6H2,1-2H3,(H2,10,12). The summed E-state index contributed by atoms with van der Waals surface area (Å²) in [6.07, 6.45) is 0.792. The van der Waals surface area contributed by atoms with Crippen LogP contribution in [0.15, 0.2) is 4.90 Å². The first-order valence-corrected chi connectivity index (χ1v) is 7.66. The van der Waals surface area contributed by atoms with Crippen LogP contribution in [-0.4, -0.2) is 38.8 Å². The lowest BCUT2D eigenvalue weighted by molar-refractivity contribution is 0.198. The Bertz CT molecular complexity index is 456. The lowest BCUT2D eigenvalue weighted by atomic mass is 10.4. The molecule has 6 nitrogen and oxygen atoms in total. The van der Waals surface area contributed by atoms with Crippen molar-refractivity contribution < 1.29 is 13.2 Å². The van der Waals surface area contributed by atoms with Gasteiger partial charge in [0.1, 0.15) is 9.90 Å². The Morgan fingerprint density at radius 3 is 2.82 bits per heavy atom. The van der Waals surface area contributed by atoms with Gasteiger partial charge in [-0.1, -0.05) is 6.92 Å². The zero-order valence-corrected chi connectivity index (χ0v) is 11.5. The molecule has 3 N–H and O–H groups in total. The van der Waals surface area contributed by atoms with Crippen LogP contribution in [0.25, 0.3) is 0 Å². The number of nitrogens with zero attached hydrogens (tertiary/aromatic N) is 1. The molecule has 98 valence electrons. The van der Waals surface area contributed by atoms with E-state index in [9.17, 15) is 8.42 Å². The predicted octanol–water partition coefficient (Wildman–Crippen LogP) is 0.967. The molecule has 17 heavy (non-hydrogen) atoms. The lowest BCUT2D eigenvalue weighted by Crippen LogP contribution is -2.10. The van der Waals surface area contributed by atoms with Crippen LogP contribution in [0.2, 0.25) is 0 Å². The van der Waals surface area contributed by atoms with Gasteiger partial charge >= 0.3 is 0 Å². The molecule has 0 atom stereocenters. The fraction of sp³-hybridized carbons (Fsp3) is 0.667. The highest BCUT2D eigenvalue weighted by Gasteiger charge is 2.23. The van der Waals surface area contributed by atoms with Gasteiger partial charge in [-0.15, -0.1) is 0 Å². The second-order valence-corrected chi connectivity index (χ2v) is 6.39. The summed E-state index contributed by atoms with van der Waals surface area (Å²) >= 11 is 1.07. The van der Waals surface area contributed by atoms with Crippen molar-refractivity contribution in [3.8, 4) is 0 Å². The van der Waals surface area contributed by atoms with E-state index < -0.39 is 9.84 Å². The van der Waals surface area contributed by atoms with E-state index in [4.69, 9.17) is 10.5 Å². The summed E-state index contributed by atoms with van der Waals surface area (Å²) in [6.45, 7) is 2.83. The van der Waals surface area contributed by atoms with E-state index in [1.54, 1.807) is 14.0 Å². The minimum Gasteiger partial charge on any atom is -0.385 e. The van der Waals surface area contributed by atoms with Gasteiger partial charge in [0.2, 0.25) is 0 Å². The Balaban J connectivity index is 2.81. The van der Waals surface area contributed by atoms with Gasteiger partial charge in [-0.05, 0) is 18.0 Å². The third-order valence-electron chi connectivity index (χ3n) is 2.18. The maximum atomic E-state index is 11.8. The molecule has 0 aliphatic carbocycles. The average molecular weight is 279 g/mol. The van der Waals surface area contributed by atoms with E-state index in [-0.39, 0.29) is 16.5 Å².